The van der Waals surface area contributed by atoms with E-state index >= 15 is 0 Å². The third-order valence-electron chi connectivity index (χ3n) is 3.75. The normalized spacial score (nSPS) is 16.3. The van der Waals surface area contributed by atoms with Gasteiger partial charge in [-0.05, 0) is 32.1 Å². The van der Waals surface area contributed by atoms with E-state index in [0.29, 0.717) is 19.3 Å². The highest BCUT2D eigenvalue weighted by molar-refractivity contribution is 5.64. The summed E-state index contributed by atoms with van der Waals surface area (Å²) in [6, 6.07) is 0. The number of rotatable bonds is 15. The Morgan fingerprint density at radius 2 is 1.52 bits per heavy atom. The average Bonchev–Trinajstić information content (AvgIpc) is 2.63. The van der Waals surface area contributed by atoms with Gasteiger partial charge in [-0.2, -0.15) is 0 Å². The molecule has 0 spiro atoms. The fourth-order valence-electron chi connectivity index (χ4n) is 2.19. The molecule has 5 heteroatoms. The molecule has 0 rings (SSSR count). The average molecular weight is 378 g/mol. The number of unbranched alkanes of at least 4 members (excludes halogenated alkanes) is 2. The Morgan fingerprint density at radius 3 is 2.15 bits per heavy atom. The largest absolute Gasteiger partial charge is 0.550 e. The number of carbonyl (C=O) groups excluding carboxylic acids is 1. The van der Waals surface area contributed by atoms with Crippen molar-refractivity contribution in [1.82, 2.24) is 0 Å². The van der Waals surface area contributed by atoms with E-state index in [1.54, 1.807) is 42.5 Å². The maximum Gasteiger partial charge on any atom is 0.0986 e. The van der Waals surface area contributed by atoms with Crippen molar-refractivity contribution >= 4 is 5.97 Å². The van der Waals surface area contributed by atoms with Gasteiger partial charge in [-0.3, -0.25) is 0 Å². The lowest BCUT2D eigenvalue weighted by Crippen LogP contribution is -2.22. The topological polar surface area (TPSA) is 101 Å². The van der Waals surface area contributed by atoms with E-state index in [4.69, 9.17) is 0 Å². The molecule has 3 atom stereocenters. The van der Waals surface area contributed by atoms with Crippen LogP contribution in [-0.4, -0.2) is 39.6 Å². The van der Waals surface area contributed by atoms with Crippen LogP contribution in [0.5, 0.6) is 0 Å². The van der Waals surface area contributed by atoms with E-state index in [9.17, 15) is 25.2 Å². The molecule has 0 aliphatic carbocycles. The zero-order valence-corrected chi connectivity index (χ0v) is 16.1. The number of carboxylic acids is 1. The van der Waals surface area contributed by atoms with E-state index < -0.39 is 24.3 Å². The van der Waals surface area contributed by atoms with Crippen molar-refractivity contribution in [2.75, 3.05) is 0 Å². The lowest BCUT2D eigenvalue weighted by molar-refractivity contribution is -0.305. The molecule has 3 N–H and O–H groups in total. The number of carboxylic acid groups (broad SMARTS) is 1. The molecule has 0 amide bonds. The van der Waals surface area contributed by atoms with Gasteiger partial charge in [0.25, 0.3) is 0 Å². The molecule has 0 saturated carbocycles. The second-order valence-corrected chi connectivity index (χ2v) is 6.25. The Bertz CT molecular complexity index is 517. The number of hydrogen-bond acceptors (Lipinski definition) is 5. The first kappa shape index (κ1) is 25.1. The first-order valence-electron chi connectivity index (χ1n) is 9.54. The quantitative estimate of drug-likeness (QED) is 0.231. The fraction of sp³-hybridized carbons (Fsp3) is 0.500. The standard InChI is InChI=1S/C22H34O5/c1-2-3-9-16-20(24)21(25)17-12-7-5-4-6-10-14-19(23)15-11-8-13-18-22(26)27/h3-7,9-10,12,14,17,19-21,23-25H,2,8,11,13,15-16,18H2,1H3,(H,26,27)/p-1/b6-4?,7-5?,9-3-,14-10?,17-12+. The summed E-state index contributed by atoms with van der Waals surface area (Å²) in [6.45, 7) is 2.01. The third kappa shape index (κ3) is 17.2. The molecule has 152 valence electrons. The number of aliphatic carboxylic acids is 1. The zero-order valence-electron chi connectivity index (χ0n) is 16.1. The summed E-state index contributed by atoms with van der Waals surface area (Å²) in [5.41, 5.74) is 0. The highest BCUT2D eigenvalue weighted by Crippen LogP contribution is 2.06. The van der Waals surface area contributed by atoms with Gasteiger partial charge in [-0.25, -0.2) is 0 Å². The van der Waals surface area contributed by atoms with E-state index in [2.05, 4.69) is 0 Å². The van der Waals surface area contributed by atoms with Gasteiger partial charge in [0.1, 0.15) is 0 Å². The minimum Gasteiger partial charge on any atom is -0.550 e. The van der Waals surface area contributed by atoms with Crippen LogP contribution >= 0.6 is 0 Å². The van der Waals surface area contributed by atoms with Gasteiger partial charge in [0.15, 0.2) is 0 Å². The molecule has 0 aromatic rings. The van der Waals surface area contributed by atoms with Gasteiger partial charge >= 0.3 is 0 Å². The third-order valence-corrected chi connectivity index (χ3v) is 3.75. The Morgan fingerprint density at radius 1 is 0.889 bits per heavy atom. The lowest BCUT2D eigenvalue weighted by atomic mass is 10.1. The minimum absolute atomic E-state index is 0.0708. The predicted octanol–water partition coefficient (Wildman–Crippen LogP) is 2.35. The van der Waals surface area contributed by atoms with Crippen LogP contribution in [0.2, 0.25) is 0 Å². The monoisotopic (exact) mass is 377 g/mol. The molecule has 0 aromatic carbocycles. The molecular weight excluding hydrogens is 344 g/mol. The summed E-state index contributed by atoms with van der Waals surface area (Å²) in [7, 11) is 0. The van der Waals surface area contributed by atoms with Crippen LogP contribution in [0.1, 0.15) is 51.9 Å². The summed E-state index contributed by atoms with van der Waals surface area (Å²) in [5.74, 6) is -1.03. The summed E-state index contributed by atoms with van der Waals surface area (Å²) in [5, 5.41) is 39.5. The zero-order chi connectivity index (χ0) is 20.3. The van der Waals surface area contributed by atoms with E-state index in [1.807, 2.05) is 19.1 Å². The second kappa shape index (κ2) is 17.5. The predicted molar refractivity (Wildman–Crippen MR) is 107 cm³/mol. The molecule has 0 aliphatic rings. The summed E-state index contributed by atoms with van der Waals surface area (Å²) < 4.78 is 0. The number of aliphatic hydroxyl groups is 3. The summed E-state index contributed by atoms with van der Waals surface area (Å²) >= 11 is 0. The van der Waals surface area contributed by atoms with Gasteiger partial charge in [0.2, 0.25) is 0 Å². The van der Waals surface area contributed by atoms with Gasteiger partial charge in [0.05, 0.1) is 18.3 Å². The highest BCUT2D eigenvalue weighted by Gasteiger charge is 2.10. The van der Waals surface area contributed by atoms with Crippen LogP contribution < -0.4 is 5.11 Å². The molecule has 5 nitrogen and oxygen atoms in total. The minimum atomic E-state index is -1.03. The van der Waals surface area contributed by atoms with Crippen molar-refractivity contribution in [3.8, 4) is 0 Å². The van der Waals surface area contributed by atoms with Crippen molar-refractivity contribution in [3.05, 3.63) is 60.8 Å². The van der Waals surface area contributed by atoms with Crippen molar-refractivity contribution < 1.29 is 25.2 Å². The molecule has 0 aliphatic heterocycles. The van der Waals surface area contributed by atoms with E-state index in [0.717, 1.165) is 19.3 Å². The molecular formula is C22H33O5-. The number of aliphatic hydroxyl groups excluding tert-OH is 3. The van der Waals surface area contributed by atoms with Gasteiger partial charge in [-0.1, -0.05) is 80.5 Å². The highest BCUT2D eigenvalue weighted by atomic mass is 16.4. The molecule has 0 saturated heterocycles. The van der Waals surface area contributed by atoms with Crippen LogP contribution in [0.3, 0.4) is 0 Å². The van der Waals surface area contributed by atoms with Crippen molar-refractivity contribution in [2.45, 2.75) is 70.2 Å². The SMILES string of the molecule is CC/C=C\CC(O)C(O)/C=C/C=CC=CC=CC(O)CCCCCC(=O)[O-]. The van der Waals surface area contributed by atoms with Crippen molar-refractivity contribution in [1.29, 1.82) is 0 Å². The Kier molecular flexibility index (Phi) is 16.2. The Balaban J connectivity index is 3.94. The molecule has 0 radical (unpaired) electrons. The second-order valence-electron chi connectivity index (χ2n) is 6.25. The van der Waals surface area contributed by atoms with Crippen LogP contribution in [0, 0.1) is 0 Å². The molecule has 27 heavy (non-hydrogen) atoms. The maximum atomic E-state index is 10.3. The van der Waals surface area contributed by atoms with Crippen LogP contribution in [0.25, 0.3) is 0 Å². The number of allylic oxidation sites excluding steroid dienone is 7. The van der Waals surface area contributed by atoms with Crippen LogP contribution in [0.4, 0.5) is 0 Å². The Hall–Kier alpha value is -1.95. The molecule has 0 fully saturated rings. The summed E-state index contributed by atoms with van der Waals surface area (Å²) in [6.07, 6.45) is 19.4. The lowest BCUT2D eigenvalue weighted by Gasteiger charge is -2.11. The Labute approximate surface area is 162 Å². The smallest absolute Gasteiger partial charge is 0.0986 e. The van der Waals surface area contributed by atoms with Crippen molar-refractivity contribution in [2.24, 2.45) is 0 Å². The fourth-order valence-corrected chi connectivity index (χ4v) is 2.19. The summed E-state index contributed by atoms with van der Waals surface area (Å²) in [4.78, 5) is 10.3. The first-order valence-corrected chi connectivity index (χ1v) is 9.54. The van der Waals surface area contributed by atoms with Crippen LogP contribution in [-0.2, 0) is 4.79 Å². The maximum absolute atomic E-state index is 10.3. The van der Waals surface area contributed by atoms with Crippen molar-refractivity contribution in [3.63, 3.8) is 0 Å². The molecule has 3 unspecified atom stereocenters. The molecule has 0 aromatic heterocycles. The van der Waals surface area contributed by atoms with Gasteiger partial charge in [-0.15, -0.1) is 0 Å². The van der Waals surface area contributed by atoms with E-state index in [-0.39, 0.29) is 6.42 Å². The number of hydrogen-bond donors (Lipinski definition) is 3. The molecule has 0 bridgehead atoms. The van der Waals surface area contributed by atoms with Gasteiger partial charge < -0.3 is 25.2 Å². The van der Waals surface area contributed by atoms with E-state index in [1.165, 1.54) is 6.08 Å². The first-order chi connectivity index (χ1) is 13.0. The molecule has 0 heterocycles. The van der Waals surface area contributed by atoms with Crippen LogP contribution in [0.15, 0.2) is 60.8 Å². The van der Waals surface area contributed by atoms with Gasteiger partial charge in [0, 0.05) is 5.97 Å². The number of carbonyl (C=O) groups is 1.